The predicted molar refractivity (Wildman–Crippen MR) is 118 cm³/mol. The summed E-state index contributed by atoms with van der Waals surface area (Å²) in [5.74, 6) is 0.533. The maximum atomic E-state index is 12.8. The number of benzene rings is 1. The second kappa shape index (κ2) is 9.17. The van der Waals surface area contributed by atoms with Crippen LogP contribution in [0.1, 0.15) is 0 Å². The van der Waals surface area contributed by atoms with Crippen LogP contribution in [0.3, 0.4) is 0 Å². The van der Waals surface area contributed by atoms with Crippen LogP contribution >= 0.6 is 34.4 Å². The van der Waals surface area contributed by atoms with Crippen molar-refractivity contribution < 1.29 is 9.21 Å². The Labute approximate surface area is 179 Å². The van der Waals surface area contributed by atoms with Gasteiger partial charge in [-0.05, 0) is 11.4 Å². The van der Waals surface area contributed by atoms with Crippen molar-refractivity contribution in [3.05, 3.63) is 65.9 Å². The van der Waals surface area contributed by atoms with Gasteiger partial charge in [-0.1, -0.05) is 54.2 Å². The Balaban J connectivity index is 1.44. The Hall–Kier alpha value is -2.75. The number of carbonyl (C=O) groups is 1. The fourth-order valence-electron chi connectivity index (χ4n) is 2.51. The summed E-state index contributed by atoms with van der Waals surface area (Å²) < 4.78 is 5.63. The van der Waals surface area contributed by atoms with E-state index in [9.17, 15) is 4.79 Å². The van der Waals surface area contributed by atoms with Gasteiger partial charge in [-0.2, -0.15) is 0 Å². The van der Waals surface area contributed by atoms with Crippen molar-refractivity contribution in [3.8, 4) is 22.0 Å². The first-order valence-electron chi connectivity index (χ1n) is 8.67. The molecule has 3 aromatic heterocycles. The van der Waals surface area contributed by atoms with E-state index in [2.05, 4.69) is 21.8 Å². The summed E-state index contributed by atoms with van der Waals surface area (Å²) in [6.07, 6.45) is 1.69. The zero-order valence-electron chi connectivity index (χ0n) is 15.2. The standard InChI is InChI=1S/C20H16N4O2S3/c1-2-10-24(19-21-15(12-28-19)14-7-4-3-5-8-14)17(25)13-29-20-23-22-18(26-20)16-9-6-11-27-16/h2-9,11-12H,1,10,13H2. The summed E-state index contributed by atoms with van der Waals surface area (Å²) >= 11 is 4.17. The third kappa shape index (κ3) is 4.64. The van der Waals surface area contributed by atoms with Gasteiger partial charge < -0.3 is 4.42 Å². The molecule has 1 amide bonds. The molecule has 0 bridgehead atoms. The van der Waals surface area contributed by atoms with Crippen LogP contribution < -0.4 is 4.90 Å². The molecular weight excluding hydrogens is 424 g/mol. The molecule has 6 nitrogen and oxygen atoms in total. The quantitative estimate of drug-likeness (QED) is 0.276. The Kier molecular flexibility index (Phi) is 6.18. The van der Waals surface area contributed by atoms with E-state index >= 15 is 0 Å². The third-order valence-electron chi connectivity index (χ3n) is 3.86. The lowest BCUT2D eigenvalue weighted by atomic mass is 10.2. The maximum absolute atomic E-state index is 12.8. The van der Waals surface area contributed by atoms with E-state index in [-0.39, 0.29) is 11.7 Å². The molecule has 1 aromatic carbocycles. The minimum absolute atomic E-state index is 0.0975. The van der Waals surface area contributed by atoms with Crippen molar-refractivity contribution in [3.63, 3.8) is 0 Å². The fraction of sp³-hybridized carbons (Fsp3) is 0.100. The van der Waals surface area contributed by atoms with Gasteiger partial charge >= 0.3 is 0 Å². The highest BCUT2D eigenvalue weighted by molar-refractivity contribution is 7.99. The van der Waals surface area contributed by atoms with Crippen molar-refractivity contribution >= 4 is 45.5 Å². The highest BCUT2D eigenvalue weighted by Crippen LogP contribution is 2.29. The molecule has 0 atom stereocenters. The number of rotatable bonds is 8. The average Bonchev–Trinajstić information content (AvgIpc) is 3.52. The number of anilines is 1. The second-order valence-electron chi connectivity index (χ2n) is 5.81. The van der Waals surface area contributed by atoms with E-state index in [4.69, 9.17) is 4.42 Å². The molecule has 0 spiro atoms. The second-order valence-corrected chi connectivity index (χ2v) is 8.52. The summed E-state index contributed by atoms with van der Waals surface area (Å²) in [7, 11) is 0. The highest BCUT2D eigenvalue weighted by Gasteiger charge is 2.20. The monoisotopic (exact) mass is 440 g/mol. The minimum Gasteiger partial charge on any atom is -0.410 e. The lowest BCUT2D eigenvalue weighted by molar-refractivity contribution is -0.116. The van der Waals surface area contributed by atoms with Gasteiger partial charge in [0.15, 0.2) is 5.13 Å². The van der Waals surface area contributed by atoms with Crippen LogP contribution in [0.4, 0.5) is 5.13 Å². The number of amides is 1. The maximum Gasteiger partial charge on any atom is 0.277 e. The smallest absolute Gasteiger partial charge is 0.277 e. The van der Waals surface area contributed by atoms with Crippen molar-refractivity contribution in [2.75, 3.05) is 17.2 Å². The zero-order chi connectivity index (χ0) is 20.1. The van der Waals surface area contributed by atoms with Gasteiger partial charge in [-0.3, -0.25) is 9.69 Å². The Bertz CT molecular complexity index is 1090. The van der Waals surface area contributed by atoms with Gasteiger partial charge in [0, 0.05) is 17.5 Å². The molecule has 4 aromatic rings. The lowest BCUT2D eigenvalue weighted by Crippen LogP contribution is -2.32. The summed E-state index contributed by atoms with van der Waals surface area (Å²) in [4.78, 5) is 20.0. The van der Waals surface area contributed by atoms with Crippen molar-refractivity contribution in [2.45, 2.75) is 5.22 Å². The molecule has 3 heterocycles. The topological polar surface area (TPSA) is 72.1 Å². The largest absolute Gasteiger partial charge is 0.410 e. The van der Waals surface area contributed by atoms with Crippen LogP contribution in [0.2, 0.25) is 0 Å². The first-order valence-corrected chi connectivity index (χ1v) is 11.4. The molecule has 0 saturated carbocycles. The van der Waals surface area contributed by atoms with Crippen molar-refractivity contribution in [1.29, 1.82) is 0 Å². The van der Waals surface area contributed by atoms with E-state index in [1.54, 1.807) is 11.0 Å². The third-order valence-corrected chi connectivity index (χ3v) is 6.39. The SMILES string of the molecule is C=CCN(C(=O)CSc1nnc(-c2cccs2)o1)c1nc(-c2ccccc2)cs1. The molecule has 0 radical (unpaired) electrons. The van der Waals surface area contributed by atoms with Crippen molar-refractivity contribution in [1.82, 2.24) is 15.2 Å². The Morgan fingerprint density at radius 3 is 2.79 bits per heavy atom. The van der Waals surface area contributed by atoms with Gasteiger partial charge in [0.25, 0.3) is 11.1 Å². The summed E-state index contributed by atoms with van der Waals surface area (Å²) in [6.45, 7) is 4.14. The predicted octanol–water partition coefficient (Wildman–Crippen LogP) is 5.23. The number of hydrogen-bond acceptors (Lipinski definition) is 8. The number of thiazole rings is 1. The van der Waals surface area contributed by atoms with Crippen LogP contribution in [0.5, 0.6) is 0 Å². The van der Waals surface area contributed by atoms with Crippen LogP contribution in [-0.4, -0.2) is 33.4 Å². The first kappa shape index (κ1) is 19.6. The molecule has 0 fully saturated rings. The van der Waals surface area contributed by atoms with Crippen LogP contribution in [-0.2, 0) is 4.79 Å². The molecule has 0 N–H and O–H groups in total. The Morgan fingerprint density at radius 2 is 2.03 bits per heavy atom. The molecule has 0 unspecified atom stereocenters. The molecule has 29 heavy (non-hydrogen) atoms. The fourth-order valence-corrected chi connectivity index (χ4v) is 4.66. The number of carbonyl (C=O) groups excluding carboxylic acids is 1. The molecule has 0 aliphatic rings. The minimum atomic E-state index is -0.0975. The molecule has 146 valence electrons. The number of aromatic nitrogens is 3. The molecule has 4 rings (SSSR count). The number of hydrogen-bond donors (Lipinski definition) is 0. The van der Waals surface area contributed by atoms with Crippen molar-refractivity contribution in [2.24, 2.45) is 0 Å². The van der Waals surface area contributed by atoms with E-state index in [0.29, 0.717) is 22.8 Å². The van der Waals surface area contributed by atoms with E-state index < -0.39 is 0 Å². The molecule has 9 heteroatoms. The average molecular weight is 441 g/mol. The molecule has 0 aliphatic heterocycles. The van der Waals surface area contributed by atoms with Crippen LogP contribution in [0, 0.1) is 0 Å². The van der Waals surface area contributed by atoms with Gasteiger partial charge in [0.1, 0.15) is 0 Å². The lowest BCUT2D eigenvalue weighted by Gasteiger charge is -2.17. The number of thioether (sulfide) groups is 1. The normalized spacial score (nSPS) is 10.8. The van der Waals surface area contributed by atoms with Crippen LogP contribution in [0.25, 0.3) is 22.0 Å². The first-order chi connectivity index (χ1) is 14.2. The Morgan fingerprint density at radius 1 is 1.17 bits per heavy atom. The van der Waals surface area contributed by atoms with Gasteiger partial charge in [-0.25, -0.2) is 4.98 Å². The van der Waals surface area contributed by atoms with E-state index in [0.717, 1.165) is 16.1 Å². The summed E-state index contributed by atoms with van der Waals surface area (Å²) in [6, 6.07) is 13.7. The molecule has 0 saturated heterocycles. The van der Waals surface area contributed by atoms with Gasteiger partial charge in [0.05, 0.1) is 16.3 Å². The summed E-state index contributed by atoms with van der Waals surface area (Å²) in [5.41, 5.74) is 1.86. The zero-order valence-corrected chi connectivity index (χ0v) is 17.7. The van der Waals surface area contributed by atoms with E-state index in [1.807, 2.05) is 53.2 Å². The summed E-state index contributed by atoms with van der Waals surface area (Å²) in [5, 5.41) is 12.9. The van der Waals surface area contributed by atoms with Gasteiger partial charge in [-0.15, -0.1) is 39.4 Å². The molecular formula is C20H16N4O2S3. The number of thiophene rings is 1. The van der Waals surface area contributed by atoms with Crippen LogP contribution in [0.15, 0.2) is 75.5 Å². The van der Waals surface area contributed by atoms with E-state index in [1.165, 1.54) is 34.4 Å². The molecule has 0 aliphatic carbocycles. The van der Waals surface area contributed by atoms with Gasteiger partial charge in [0.2, 0.25) is 5.91 Å². The number of nitrogens with zero attached hydrogens (tertiary/aromatic N) is 4. The highest BCUT2D eigenvalue weighted by atomic mass is 32.2.